The van der Waals surface area contributed by atoms with Crippen LogP contribution in [0.2, 0.25) is 0 Å². The predicted molar refractivity (Wildman–Crippen MR) is 99.9 cm³/mol. The minimum atomic E-state index is -0.0814. The Bertz CT molecular complexity index is 766. The van der Waals surface area contributed by atoms with Gasteiger partial charge in [0.2, 0.25) is 0 Å². The molecule has 5 nitrogen and oxygen atoms in total. The van der Waals surface area contributed by atoms with E-state index in [9.17, 15) is 4.79 Å². The summed E-state index contributed by atoms with van der Waals surface area (Å²) in [6, 6.07) is 7.88. The zero-order valence-electron chi connectivity index (χ0n) is 15.3. The summed E-state index contributed by atoms with van der Waals surface area (Å²) >= 11 is 0. The van der Waals surface area contributed by atoms with Gasteiger partial charge in [-0.05, 0) is 51.7 Å². The molecule has 0 saturated carbocycles. The fraction of sp³-hybridized carbons (Fsp3) is 0.450. The third-order valence-electron chi connectivity index (χ3n) is 4.60. The summed E-state index contributed by atoms with van der Waals surface area (Å²) in [5.74, 6) is 1.56. The second kappa shape index (κ2) is 7.64. The molecule has 5 heteroatoms. The molecular weight excluding hydrogens is 312 g/mol. The Balaban J connectivity index is 1.70. The van der Waals surface area contributed by atoms with Crippen LogP contribution in [0.15, 0.2) is 24.3 Å². The van der Waals surface area contributed by atoms with E-state index in [1.54, 1.807) is 0 Å². The van der Waals surface area contributed by atoms with Gasteiger partial charge in [0, 0.05) is 30.4 Å². The number of amides is 1. The monoisotopic (exact) mass is 338 g/mol. The van der Waals surface area contributed by atoms with E-state index in [1.807, 2.05) is 45.0 Å². The van der Waals surface area contributed by atoms with Gasteiger partial charge in [0.05, 0.1) is 6.54 Å². The van der Waals surface area contributed by atoms with E-state index in [0.717, 1.165) is 35.7 Å². The number of piperidine rings is 1. The van der Waals surface area contributed by atoms with E-state index in [-0.39, 0.29) is 5.91 Å². The van der Waals surface area contributed by atoms with Crippen molar-refractivity contribution >= 4 is 11.7 Å². The average molecular weight is 338 g/mol. The second-order valence-electron chi connectivity index (χ2n) is 6.83. The molecule has 1 aliphatic heterocycles. The third kappa shape index (κ3) is 4.35. The maximum atomic E-state index is 12.4. The lowest BCUT2D eigenvalue weighted by Crippen LogP contribution is -2.31. The van der Waals surface area contributed by atoms with Crippen molar-refractivity contribution in [2.24, 2.45) is 0 Å². The van der Waals surface area contributed by atoms with E-state index in [4.69, 9.17) is 0 Å². The van der Waals surface area contributed by atoms with Gasteiger partial charge in [0.15, 0.2) is 0 Å². The smallest absolute Gasteiger partial charge is 0.251 e. The highest BCUT2D eigenvalue weighted by Gasteiger charge is 2.15. The number of anilines is 1. The van der Waals surface area contributed by atoms with Crippen LogP contribution in [-0.4, -0.2) is 29.0 Å². The Kier molecular flexibility index (Phi) is 5.31. The number of hydrogen-bond acceptors (Lipinski definition) is 4. The molecule has 0 atom stereocenters. The molecule has 2 heterocycles. The number of nitrogens with one attached hydrogen (secondary N) is 1. The minimum Gasteiger partial charge on any atom is -0.357 e. The molecule has 1 saturated heterocycles. The van der Waals surface area contributed by atoms with Crippen molar-refractivity contribution < 1.29 is 4.79 Å². The second-order valence-corrected chi connectivity index (χ2v) is 6.83. The van der Waals surface area contributed by atoms with Gasteiger partial charge < -0.3 is 10.2 Å². The standard InChI is InChI=1S/C20H26N4O/c1-14-7-8-17(15(2)11-14)20(25)21-13-18-22-16(3)12-19(23-18)24-9-5-4-6-10-24/h7-8,11-12H,4-6,9-10,13H2,1-3H3,(H,21,25). The van der Waals surface area contributed by atoms with Crippen LogP contribution in [0.4, 0.5) is 5.82 Å². The zero-order chi connectivity index (χ0) is 17.8. The van der Waals surface area contributed by atoms with Crippen LogP contribution in [0.1, 0.15) is 52.3 Å². The highest BCUT2D eigenvalue weighted by molar-refractivity contribution is 5.95. The van der Waals surface area contributed by atoms with Crippen molar-refractivity contribution in [2.45, 2.75) is 46.6 Å². The number of benzene rings is 1. The molecule has 0 spiro atoms. The van der Waals surface area contributed by atoms with Gasteiger partial charge in [-0.2, -0.15) is 0 Å². The van der Waals surface area contributed by atoms with Crippen LogP contribution in [0, 0.1) is 20.8 Å². The lowest BCUT2D eigenvalue weighted by Gasteiger charge is -2.28. The summed E-state index contributed by atoms with van der Waals surface area (Å²) in [6.07, 6.45) is 3.71. The predicted octanol–water partition coefficient (Wildman–Crippen LogP) is 3.32. The Hall–Kier alpha value is -2.43. The molecule has 2 aromatic rings. The van der Waals surface area contributed by atoms with Gasteiger partial charge >= 0.3 is 0 Å². The van der Waals surface area contributed by atoms with Crippen LogP contribution in [0.25, 0.3) is 0 Å². The molecule has 1 aliphatic rings. The van der Waals surface area contributed by atoms with Gasteiger partial charge in [0.1, 0.15) is 11.6 Å². The molecule has 0 unspecified atom stereocenters. The fourth-order valence-corrected chi connectivity index (χ4v) is 3.30. The molecule has 0 radical (unpaired) electrons. The molecular formula is C20H26N4O. The average Bonchev–Trinajstić information content (AvgIpc) is 2.60. The number of rotatable bonds is 4. The zero-order valence-corrected chi connectivity index (χ0v) is 15.3. The number of carbonyl (C=O) groups is 1. The van der Waals surface area contributed by atoms with Gasteiger partial charge in [-0.15, -0.1) is 0 Å². The van der Waals surface area contributed by atoms with Crippen LogP contribution in [0.3, 0.4) is 0 Å². The fourth-order valence-electron chi connectivity index (χ4n) is 3.30. The first-order valence-electron chi connectivity index (χ1n) is 8.98. The normalized spacial score (nSPS) is 14.4. The maximum Gasteiger partial charge on any atom is 0.251 e. The quantitative estimate of drug-likeness (QED) is 0.929. The lowest BCUT2D eigenvalue weighted by atomic mass is 10.1. The number of hydrogen-bond donors (Lipinski definition) is 1. The van der Waals surface area contributed by atoms with Gasteiger partial charge in [0.25, 0.3) is 5.91 Å². The summed E-state index contributed by atoms with van der Waals surface area (Å²) in [4.78, 5) is 23.9. The largest absolute Gasteiger partial charge is 0.357 e. The maximum absolute atomic E-state index is 12.4. The Morgan fingerprint density at radius 1 is 1.08 bits per heavy atom. The van der Waals surface area contributed by atoms with E-state index >= 15 is 0 Å². The molecule has 1 N–H and O–H groups in total. The van der Waals surface area contributed by atoms with Gasteiger partial charge in [-0.25, -0.2) is 9.97 Å². The van der Waals surface area contributed by atoms with Crippen LogP contribution in [-0.2, 0) is 6.54 Å². The van der Waals surface area contributed by atoms with Gasteiger partial charge in [-0.3, -0.25) is 4.79 Å². The van der Waals surface area contributed by atoms with Gasteiger partial charge in [-0.1, -0.05) is 17.7 Å². The van der Waals surface area contributed by atoms with Crippen molar-refractivity contribution in [3.63, 3.8) is 0 Å². The first-order valence-corrected chi connectivity index (χ1v) is 8.98. The Morgan fingerprint density at radius 3 is 2.56 bits per heavy atom. The van der Waals surface area contributed by atoms with Crippen molar-refractivity contribution in [1.82, 2.24) is 15.3 Å². The van der Waals surface area contributed by atoms with Crippen molar-refractivity contribution in [2.75, 3.05) is 18.0 Å². The summed E-state index contributed by atoms with van der Waals surface area (Å²) in [7, 11) is 0. The topological polar surface area (TPSA) is 58.1 Å². The summed E-state index contributed by atoms with van der Waals surface area (Å²) in [6.45, 7) is 8.39. The first-order chi connectivity index (χ1) is 12.0. The highest BCUT2D eigenvalue weighted by Crippen LogP contribution is 2.18. The molecule has 1 fully saturated rings. The van der Waals surface area contributed by atoms with Crippen molar-refractivity contribution in [3.05, 3.63) is 52.5 Å². The first kappa shape index (κ1) is 17.4. The highest BCUT2D eigenvalue weighted by atomic mass is 16.1. The van der Waals surface area contributed by atoms with Crippen molar-refractivity contribution in [1.29, 1.82) is 0 Å². The van der Waals surface area contributed by atoms with Crippen LogP contribution in [0.5, 0.6) is 0 Å². The number of aryl methyl sites for hydroxylation is 3. The minimum absolute atomic E-state index is 0.0814. The Labute approximate surface area is 149 Å². The Morgan fingerprint density at radius 2 is 1.84 bits per heavy atom. The molecule has 25 heavy (non-hydrogen) atoms. The number of nitrogens with zero attached hydrogens (tertiary/aromatic N) is 3. The number of carbonyl (C=O) groups excluding carboxylic acids is 1. The molecule has 1 amide bonds. The molecule has 3 rings (SSSR count). The number of aromatic nitrogens is 2. The summed E-state index contributed by atoms with van der Waals surface area (Å²) in [5, 5.41) is 2.95. The molecule has 0 aliphatic carbocycles. The van der Waals surface area contributed by atoms with E-state index in [0.29, 0.717) is 17.9 Å². The molecule has 1 aromatic carbocycles. The van der Waals surface area contributed by atoms with E-state index < -0.39 is 0 Å². The molecule has 0 bridgehead atoms. The summed E-state index contributed by atoms with van der Waals surface area (Å²) in [5.41, 5.74) is 3.78. The van der Waals surface area contributed by atoms with Crippen LogP contribution < -0.4 is 10.2 Å². The molecule has 1 aromatic heterocycles. The van der Waals surface area contributed by atoms with E-state index in [2.05, 4.69) is 20.2 Å². The van der Waals surface area contributed by atoms with Crippen molar-refractivity contribution in [3.8, 4) is 0 Å². The summed E-state index contributed by atoms with van der Waals surface area (Å²) < 4.78 is 0. The van der Waals surface area contributed by atoms with E-state index in [1.165, 1.54) is 19.3 Å². The molecule has 132 valence electrons. The lowest BCUT2D eigenvalue weighted by molar-refractivity contribution is 0.0949. The third-order valence-corrected chi connectivity index (χ3v) is 4.60. The SMILES string of the molecule is Cc1ccc(C(=O)NCc2nc(C)cc(N3CCCCC3)n2)c(C)c1. The van der Waals surface area contributed by atoms with Crippen LogP contribution >= 0.6 is 0 Å².